The summed E-state index contributed by atoms with van der Waals surface area (Å²) >= 11 is 0. The number of halogens is 3. The number of benzene rings is 2. The van der Waals surface area contributed by atoms with Gasteiger partial charge in [0.25, 0.3) is 0 Å². The van der Waals surface area contributed by atoms with Crippen LogP contribution in [0.15, 0.2) is 48.5 Å². The van der Waals surface area contributed by atoms with Crippen LogP contribution in [0.1, 0.15) is 11.1 Å². The third kappa shape index (κ3) is 5.23. The van der Waals surface area contributed by atoms with Gasteiger partial charge in [-0.05, 0) is 35.4 Å². The molecule has 0 unspecified atom stereocenters. The molecule has 6 heteroatoms. The number of hydrogen-bond donors (Lipinski definition) is 0. The smallest absolute Gasteiger partial charge is 0.387 e. The van der Waals surface area contributed by atoms with Crippen molar-refractivity contribution in [2.75, 3.05) is 0 Å². The lowest BCUT2D eigenvalue weighted by Crippen LogP contribution is -2.02. The van der Waals surface area contributed by atoms with Crippen LogP contribution < -0.4 is 4.74 Å². The van der Waals surface area contributed by atoms with Gasteiger partial charge < -0.3 is 4.74 Å². The first-order valence-corrected chi connectivity index (χ1v) is 7.65. The molecule has 2 nitrogen and oxygen atoms in total. The lowest BCUT2D eigenvalue weighted by molar-refractivity contribution is -0.0498. The van der Waals surface area contributed by atoms with Crippen LogP contribution in [0.5, 0.6) is 5.75 Å². The Morgan fingerprint density at radius 2 is 1.38 bits per heavy atom. The summed E-state index contributed by atoms with van der Waals surface area (Å²) in [4.78, 5) is 0. The summed E-state index contributed by atoms with van der Waals surface area (Å²) in [7, 11) is -1.16. The maximum Gasteiger partial charge on any atom is 0.387 e. The molecular formula is C15H13F3O2S. The van der Waals surface area contributed by atoms with E-state index in [-0.39, 0.29) is 11.6 Å². The van der Waals surface area contributed by atoms with Crippen molar-refractivity contribution in [1.82, 2.24) is 0 Å². The molecule has 0 N–H and O–H groups in total. The first-order chi connectivity index (χ1) is 10.0. The van der Waals surface area contributed by atoms with Gasteiger partial charge in [-0.25, -0.2) is 4.39 Å². The SMILES string of the molecule is O=[S@](Cc1ccc(F)cc1)Cc1ccc(OC(F)F)cc1. The van der Waals surface area contributed by atoms with Gasteiger partial charge in [0, 0.05) is 22.3 Å². The fourth-order valence-electron chi connectivity index (χ4n) is 1.77. The highest BCUT2D eigenvalue weighted by molar-refractivity contribution is 7.83. The first kappa shape index (κ1) is 15.6. The monoisotopic (exact) mass is 314 g/mol. The predicted octanol–water partition coefficient (Wildman–Crippen LogP) is 3.88. The second-order valence-corrected chi connectivity index (χ2v) is 5.83. The molecule has 0 amide bonds. The molecule has 0 heterocycles. The molecular weight excluding hydrogens is 301 g/mol. The maximum atomic E-state index is 12.8. The molecule has 0 aliphatic carbocycles. The van der Waals surface area contributed by atoms with Crippen molar-refractivity contribution in [3.05, 3.63) is 65.5 Å². The van der Waals surface area contributed by atoms with Crippen LogP contribution >= 0.6 is 0 Å². The summed E-state index contributed by atoms with van der Waals surface area (Å²) in [5.41, 5.74) is 1.55. The number of rotatable bonds is 6. The summed E-state index contributed by atoms with van der Waals surface area (Å²) in [6.07, 6.45) is 0. The third-order valence-electron chi connectivity index (χ3n) is 2.72. The van der Waals surface area contributed by atoms with E-state index in [4.69, 9.17) is 0 Å². The zero-order chi connectivity index (χ0) is 15.2. The predicted molar refractivity (Wildman–Crippen MR) is 75.0 cm³/mol. The highest BCUT2D eigenvalue weighted by atomic mass is 32.2. The van der Waals surface area contributed by atoms with Crippen LogP contribution in [-0.4, -0.2) is 10.8 Å². The molecule has 21 heavy (non-hydrogen) atoms. The average molecular weight is 314 g/mol. The molecule has 0 aliphatic rings. The summed E-state index contributed by atoms with van der Waals surface area (Å²) < 4.78 is 53.0. The fourth-order valence-corrected chi connectivity index (χ4v) is 3.00. The molecule has 0 saturated carbocycles. The molecule has 0 fully saturated rings. The van der Waals surface area contributed by atoms with Crippen molar-refractivity contribution < 1.29 is 22.1 Å². The standard InChI is InChI=1S/C15H13F3O2S/c16-13-5-1-11(2-6-13)9-21(19)10-12-3-7-14(8-4-12)20-15(17)18/h1-8,15H,9-10H2/t21-/m1/s1. The third-order valence-corrected chi connectivity index (χ3v) is 4.03. The van der Waals surface area contributed by atoms with Crippen LogP contribution in [0, 0.1) is 5.82 Å². The first-order valence-electron chi connectivity index (χ1n) is 6.16. The quantitative estimate of drug-likeness (QED) is 0.809. The van der Waals surface area contributed by atoms with Gasteiger partial charge in [-0.3, -0.25) is 4.21 Å². The topological polar surface area (TPSA) is 26.3 Å². The van der Waals surface area contributed by atoms with Gasteiger partial charge in [0.05, 0.1) is 0 Å². The Bertz CT molecular complexity index is 597. The van der Waals surface area contributed by atoms with Crippen LogP contribution in [0.25, 0.3) is 0 Å². The van der Waals surface area contributed by atoms with Crippen molar-refractivity contribution in [3.8, 4) is 5.75 Å². The van der Waals surface area contributed by atoms with Gasteiger partial charge in [0.15, 0.2) is 0 Å². The molecule has 0 spiro atoms. The number of ether oxygens (including phenoxy) is 1. The molecule has 112 valence electrons. The molecule has 0 bridgehead atoms. The van der Waals surface area contributed by atoms with Crippen molar-refractivity contribution in [2.24, 2.45) is 0 Å². The highest BCUT2D eigenvalue weighted by Crippen LogP contribution is 2.16. The average Bonchev–Trinajstić information content (AvgIpc) is 2.43. The summed E-state index contributed by atoms with van der Waals surface area (Å²) in [5, 5.41) is 0. The molecule has 0 saturated heterocycles. The van der Waals surface area contributed by atoms with Gasteiger partial charge >= 0.3 is 6.61 Å². The minimum atomic E-state index is -2.86. The van der Waals surface area contributed by atoms with E-state index in [1.807, 2.05) is 0 Å². The molecule has 0 aliphatic heterocycles. The molecule has 2 aromatic carbocycles. The Hall–Kier alpha value is -1.82. The van der Waals surface area contributed by atoms with E-state index in [1.54, 1.807) is 24.3 Å². The van der Waals surface area contributed by atoms with E-state index in [9.17, 15) is 17.4 Å². The van der Waals surface area contributed by atoms with E-state index in [1.165, 1.54) is 24.3 Å². The van der Waals surface area contributed by atoms with Crippen molar-refractivity contribution in [2.45, 2.75) is 18.1 Å². The summed E-state index contributed by atoms with van der Waals surface area (Å²) in [5.74, 6) is 0.347. The minimum Gasteiger partial charge on any atom is -0.435 e. The molecule has 1 atom stereocenters. The van der Waals surface area contributed by atoms with E-state index in [2.05, 4.69) is 4.74 Å². The highest BCUT2D eigenvalue weighted by Gasteiger charge is 2.06. The van der Waals surface area contributed by atoms with Crippen molar-refractivity contribution in [1.29, 1.82) is 0 Å². The van der Waals surface area contributed by atoms with Crippen LogP contribution in [-0.2, 0) is 22.3 Å². The Balaban J connectivity index is 1.91. The molecule has 2 aromatic rings. The van der Waals surface area contributed by atoms with Crippen molar-refractivity contribution >= 4 is 10.8 Å². The van der Waals surface area contributed by atoms with Crippen molar-refractivity contribution in [3.63, 3.8) is 0 Å². The normalized spacial score (nSPS) is 12.4. The van der Waals surface area contributed by atoms with Crippen LogP contribution in [0.2, 0.25) is 0 Å². The zero-order valence-electron chi connectivity index (χ0n) is 11.0. The molecule has 0 aromatic heterocycles. The Morgan fingerprint density at radius 1 is 0.905 bits per heavy atom. The van der Waals surface area contributed by atoms with Crippen LogP contribution in [0.3, 0.4) is 0 Å². The van der Waals surface area contributed by atoms with Gasteiger partial charge in [0.1, 0.15) is 11.6 Å². The van der Waals surface area contributed by atoms with E-state index in [0.717, 1.165) is 11.1 Å². The summed E-state index contributed by atoms with van der Waals surface area (Å²) in [6, 6.07) is 11.8. The summed E-state index contributed by atoms with van der Waals surface area (Å²) in [6.45, 7) is -2.86. The van der Waals surface area contributed by atoms with Gasteiger partial charge in [-0.2, -0.15) is 8.78 Å². The maximum absolute atomic E-state index is 12.8. The van der Waals surface area contributed by atoms with E-state index < -0.39 is 17.4 Å². The lowest BCUT2D eigenvalue weighted by Gasteiger charge is -2.06. The lowest BCUT2D eigenvalue weighted by atomic mass is 10.2. The zero-order valence-corrected chi connectivity index (χ0v) is 11.8. The Labute approximate surface area is 123 Å². The molecule has 0 radical (unpaired) electrons. The van der Waals surface area contributed by atoms with Gasteiger partial charge in [-0.15, -0.1) is 0 Å². The number of alkyl halides is 2. The van der Waals surface area contributed by atoms with Crippen LogP contribution in [0.4, 0.5) is 13.2 Å². The van der Waals surface area contributed by atoms with E-state index in [0.29, 0.717) is 11.5 Å². The molecule has 2 rings (SSSR count). The minimum absolute atomic E-state index is 0.0677. The Kier molecular flexibility index (Phi) is 5.38. The number of hydrogen-bond acceptors (Lipinski definition) is 2. The van der Waals surface area contributed by atoms with Gasteiger partial charge in [0.2, 0.25) is 0 Å². The second-order valence-electron chi connectivity index (χ2n) is 4.38. The second kappa shape index (κ2) is 7.26. The Morgan fingerprint density at radius 3 is 1.86 bits per heavy atom. The van der Waals surface area contributed by atoms with Gasteiger partial charge in [-0.1, -0.05) is 24.3 Å². The van der Waals surface area contributed by atoms with E-state index >= 15 is 0 Å². The largest absolute Gasteiger partial charge is 0.435 e. The fraction of sp³-hybridized carbons (Fsp3) is 0.200.